The van der Waals surface area contributed by atoms with Crippen molar-refractivity contribution in [2.45, 2.75) is 32.2 Å². The monoisotopic (exact) mass is 262 g/mol. The van der Waals surface area contributed by atoms with E-state index < -0.39 is 0 Å². The van der Waals surface area contributed by atoms with Crippen LogP contribution in [0.1, 0.15) is 26.2 Å². The average Bonchev–Trinajstić information content (AvgIpc) is 2.48. The molecule has 1 unspecified atom stereocenters. The number of nitrogens with zero attached hydrogens (tertiary/aromatic N) is 1. The number of ether oxygens (including phenoxy) is 1. The molecule has 4 nitrogen and oxygen atoms in total. The van der Waals surface area contributed by atoms with Crippen LogP contribution in [0.5, 0.6) is 5.75 Å². The molecule has 1 aromatic carbocycles. The molecule has 1 atom stereocenters. The van der Waals surface area contributed by atoms with Crippen LogP contribution in [0, 0.1) is 0 Å². The highest BCUT2D eigenvalue weighted by Gasteiger charge is 2.21. The highest BCUT2D eigenvalue weighted by Crippen LogP contribution is 2.17. The molecule has 0 saturated carbocycles. The molecule has 1 aromatic rings. The second kappa shape index (κ2) is 6.45. The van der Waals surface area contributed by atoms with Crippen molar-refractivity contribution in [3.63, 3.8) is 0 Å². The van der Waals surface area contributed by atoms with E-state index in [0.717, 1.165) is 37.4 Å². The molecule has 1 amide bonds. The molecule has 0 radical (unpaired) electrons. The Labute approximate surface area is 114 Å². The number of carbonyl (C=O) groups excluding carboxylic acids is 1. The lowest BCUT2D eigenvalue weighted by Crippen LogP contribution is -2.43. The topological polar surface area (TPSA) is 41.6 Å². The molecule has 1 saturated heterocycles. The van der Waals surface area contributed by atoms with Crippen LogP contribution >= 0.6 is 0 Å². The van der Waals surface area contributed by atoms with Crippen molar-refractivity contribution in [2.24, 2.45) is 0 Å². The summed E-state index contributed by atoms with van der Waals surface area (Å²) in [6.45, 7) is 3.71. The van der Waals surface area contributed by atoms with Crippen LogP contribution in [0.15, 0.2) is 24.3 Å². The molecule has 1 N–H and O–H groups in total. The number of likely N-dealkylation sites (tertiary alicyclic amines) is 1. The molecule has 1 fully saturated rings. The molecule has 0 spiro atoms. The van der Waals surface area contributed by atoms with E-state index in [1.165, 1.54) is 6.42 Å². The second-order valence-corrected chi connectivity index (χ2v) is 4.98. The number of amides is 1. The van der Waals surface area contributed by atoms with Gasteiger partial charge in [-0.15, -0.1) is 0 Å². The van der Waals surface area contributed by atoms with E-state index in [9.17, 15) is 4.79 Å². The molecule has 1 aliphatic heterocycles. The van der Waals surface area contributed by atoms with Crippen LogP contribution in [0.25, 0.3) is 0 Å². The normalized spacial score (nSPS) is 16.8. The predicted molar refractivity (Wildman–Crippen MR) is 76.5 cm³/mol. The van der Waals surface area contributed by atoms with E-state index in [2.05, 4.69) is 5.32 Å². The van der Waals surface area contributed by atoms with Crippen LogP contribution in [-0.4, -0.2) is 37.0 Å². The van der Waals surface area contributed by atoms with Gasteiger partial charge in [-0.05, 0) is 50.5 Å². The number of hydrogen-bond acceptors (Lipinski definition) is 3. The zero-order valence-electron chi connectivity index (χ0n) is 11.7. The predicted octanol–water partition coefficient (Wildman–Crippen LogP) is 2.51. The molecular weight excluding hydrogens is 240 g/mol. The third-order valence-electron chi connectivity index (χ3n) is 3.51. The first-order chi connectivity index (χ1) is 9.20. The van der Waals surface area contributed by atoms with Crippen molar-refractivity contribution >= 4 is 11.6 Å². The van der Waals surface area contributed by atoms with E-state index in [1.54, 1.807) is 7.11 Å². The summed E-state index contributed by atoms with van der Waals surface area (Å²) in [5, 5.41) is 3.24. The Bertz CT molecular complexity index is 411. The molecule has 0 bridgehead atoms. The summed E-state index contributed by atoms with van der Waals surface area (Å²) in [7, 11) is 1.64. The first kappa shape index (κ1) is 13.7. The first-order valence-corrected chi connectivity index (χ1v) is 6.90. The SMILES string of the molecule is COc1ccc(NC(C)C(=O)N2CCCCC2)cc1. The Hall–Kier alpha value is -1.71. The van der Waals surface area contributed by atoms with Crippen molar-refractivity contribution in [1.82, 2.24) is 4.90 Å². The van der Waals surface area contributed by atoms with Crippen molar-refractivity contribution in [3.8, 4) is 5.75 Å². The number of rotatable bonds is 4. The maximum Gasteiger partial charge on any atom is 0.244 e. The van der Waals surface area contributed by atoms with Gasteiger partial charge in [0.1, 0.15) is 11.8 Å². The van der Waals surface area contributed by atoms with E-state index in [0.29, 0.717) is 0 Å². The smallest absolute Gasteiger partial charge is 0.244 e. The second-order valence-electron chi connectivity index (χ2n) is 4.98. The third-order valence-corrected chi connectivity index (χ3v) is 3.51. The fourth-order valence-electron chi connectivity index (χ4n) is 2.39. The van der Waals surface area contributed by atoms with Crippen LogP contribution < -0.4 is 10.1 Å². The fraction of sp³-hybridized carbons (Fsp3) is 0.533. The quantitative estimate of drug-likeness (QED) is 0.906. The van der Waals surface area contributed by atoms with Crippen molar-refractivity contribution in [1.29, 1.82) is 0 Å². The fourth-order valence-corrected chi connectivity index (χ4v) is 2.39. The minimum absolute atomic E-state index is 0.188. The largest absolute Gasteiger partial charge is 0.497 e. The Morgan fingerprint density at radius 2 is 1.84 bits per heavy atom. The molecule has 2 rings (SSSR count). The lowest BCUT2D eigenvalue weighted by atomic mass is 10.1. The molecule has 1 aliphatic rings. The van der Waals surface area contributed by atoms with Crippen molar-refractivity contribution < 1.29 is 9.53 Å². The average molecular weight is 262 g/mol. The number of anilines is 1. The van der Waals surface area contributed by atoms with Gasteiger partial charge < -0.3 is 15.0 Å². The summed E-state index contributed by atoms with van der Waals surface area (Å²) < 4.78 is 5.11. The Balaban J connectivity index is 1.91. The molecule has 0 aliphatic carbocycles. The summed E-state index contributed by atoms with van der Waals surface area (Å²) in [5.41, 5.74) is 0.943. The molecule has 4 heteroatoms. The lowest BCUT2D eigenvalue weighted by Gasteiger charge is -2.29. The standard InChI is InChI=1S/C15H22N2O2/c1-12(15(18)17-10-4-3-5-11-17)16-13-6-8-14(19-2)9-7-13/h6-9,12,16H,3-5,10-11H2,1-2H3. The van der Waals surface area contributed by atoms with Gasteiger partial charge in [-0.1, -0.05) is 0 Å². The molecular formula is C15H22N2O2. The number of hydrogen-bond donors (Lipinski definition) is 1. The Morgan fingerprint density at radius 3 is 2.42 bits per heavy atom. The van der Waals surface area contributed by atoms with E-state index >= 15 is 0 Å². The summed E-state index contributed by atoms with van der Waals surface area (Å²) in [6.07, 6.45) is 3.49. The van der Waals surface area contributed by atoms with Crippen LogP contribution in [0.2, 0.25) is 0 Å². The number of methoxy groups -OCH3 is 1. The molecule has 1 heterocycles. The van der Waals surface area contributed by atoms with Gasteiger partial charge in [0.25, 0.3) is 0 Å². The lowest BCUT2D eigenvalue weighted by molar-refractivity contribution is -0.132. The van der Waals surface area contributed by atoms with Crippen LogP contribution in [0.4, 0.5) is 5.69 Å². The molecule has 19 heavy (non-hydrogen) atoms. The van der Waals surface area contributed by atoms with Gasteiger partial charge in [-0.2, -0.15) is 0 Å². The summed E-state index contributed by atoms with van der Waals surface area (Å²) in [5.74, 6) is 1.01. The van der Waals surface area contributed by atoms with Gasteiger partial charge in [0.2, 0.25) is 5.91 Å². The number of benzene rings is 1. The number of nitrogens with one attached hydrogen (secondary N) is 1. The molecule has 104 valence electrons. The van der Waals surface area contributed by atoms with Gasteiger partial charge in [-0.25, -0.2) is 0 Å². The number of carbonyl (C=O) groups is 1. The first-order valence-electron chi connectivity index (χ1n) is 6.90. The van der Waals surface area contributed by atoms with Crippen molar-refractivity contribution in [2.75, 3.05) is 25.5 Å². The number of piperidine rings is 1. The van der Waals surface area contributed by atoms with Crippen molar-refractivity contribution in [3.05, 3.63) is 24.3 Å². The zero-order valence-corrected chi connectivity index (χ0v) is 11.7. The minimum Gasteiger partial charge on any atom is -0.497 e. The Morgan fingerprint density at radius 1 is 1.21 bits per heavy atom. The van der Waals surface area contributed by atoms with Gasteiger partial charge in [-0.3, -0.25) is 4.79 Å². The minimum atomic E-state index is -0.188. The highest BCUT2D eigenvalue weighted by molar-refractivity contribution is 5.84. The van der Waals surface area contributed by atoms with E-state index in [1.807, 2.05) is 36.1 Å². The summed E-state index contributed by atoms with van der Waals surface area (Å²) >= 11 is 0. The maximum atomic E-state index is 12.3. The van der Waals surface area contributed by atoms with Gasteiger partial charge >= 0.3 is 0 Å². The van der Waals surface area contributed by atoms with Crippen LogP contribution in [0.3, 0.4) is 0 Å². The maximum absolute atomic E-state index is 12.3. The summed E-state index contributed by atoms with van der Waals surface area (Å²) in [6, 6.07) is 7.45. The zero-order chi connectivity index (χ0) is 13.7. The van der Waals surface area contributed by atoms with Crippen LogP contribution in [-0.2, 0) is 4.79 Å². The van der Waals surface area contributed by atoms with Gasteiger partial charge in [0.15, 0.2) is 0 Å². The third kappa shape index (κ3) is 3.63. The summed E-state index contributed by atoms with van der Waals surface area (Å²) in [4.78, 5) is 14.2. The van der Waals surface area contributed by atoms with E-state index in [4.69, 9.17) is 4.74 Å². The highest BCUT2D eigenvalue weighted by atomic mass is 16.5. The molecule has 0 aromatic heterocycles. The van der Waals surface area contributed by atoms with Gasteiger partial charge in [0, 0.05) is 18.8 Å². The van der Waals surface area contributed by atoms with E-state index in [-0.39, 0.29) is 11.9 Å². The van der Waals surface area contributed by atoms with Gasteiger partial charge in [0.05, 0.1) is 7.11 Å². The Kier molecular flexibility index (Phi) is 4.66.